The average molecular weight is 386 g/mol. The molecule has 25 heavy (non-hydrogen) atoms. The molecule has 2 aliphatic rings. The number of ether oxygens (including phenoxy) is 1. The molecule has 3 N–H and O–H groups in total. The first-order valence-corrected chi connectivity index (χ1v) is 9.40. The van der Waals surface area contributed by atoms with Crippen molar-refractivity contribution in [2.45, 2.75) is 56.6 Å². The van der Waals surface area contributed by atoms with Crippen LogP contribution in [-0.2, 0) is 4.74 Å². The van der Waals surface area contributed by atoms with E-state index in [4.69, 9.17) is 27.9 Å². The normalized spacial score (nSPS) is 27.4. The monoisotopic (exact) mass is 385 g/mol. The molecule has 3 atom stereocenters. The quantitative estimate of drug-likeness (QED) is 0.751. The largest absolute Gasteiger partial charge is 0.394 e. The number of benzene rings is 1. The number of nitrogens with one attached hydrogen (secondary N) is 1. The molecule has 4 rings (SSSR count). The van der Waals surface area contributed by atoms with Crippen molar-refractivity contribution in [2.75, 3.05) is 11.9 Å². The summed E-state index contributed by atoms with van der Waals surface area (Å²) in [6.07, 6.45) is 3.30. The SMILES string of the molecule is OC[C@H]1O[C@@H](n2c(NC3CCCC3)nc3cc(Cl)c(Cl)cc32)C[C@@H]1O. The van der Waals surface area contributed by atoms with Gasteiger partial charge in [0.15, 0.2) is 0 Å². The standard InChI is InChI=1S/C17H21Cl2N3O3/c18-10-5-12-13(6-11(10)19)22(16-7-14(24)15(8-23)25-16)17(21-12)20-9-3-1-2-4-9/h5-6,9,14-16,23-24H,1-4,7-8H2,(H,20,21)/t14-,15+,16+/m0/s1. The predicted octanol–water partition coefficient (Wildman–Crippen LogP) is 3.34. The Labute approximate surface area is 155 Å². The highest BCUT2D eigenvalue weighted by Crippen LogP contribution is 2.37. The Morgan fingerprint density at radius 3 is 2.64 bits per heavy atom. The molecule has 2 aromatic rings. The molecular weight excluding hydrogens is 365 g/mol. The second kappa shape index (κ2) is 6.93. The van der Waals surface area contributed by atoms with E-state index in [0.29, 0.717) is 28.5 Å². The molecule has 1 aromatic carbocycles. The van der Waals surface area contributed by atoms with E-state index >= 15 is 0 Å². The van der Waals surface area contributed by atoms with E-state index < -0.39 is 18.4 Å². The average Bonchev–Trinajstić information content (AvgIpc) is 3.28. The molecule has 1 aliphatic carbocycles. The van der Waals surface area contributed by atoms with Gasteiger partial charge in [-0.1, -0.05) is 36.0 Å². The summed E-state index contributed by atoms with van der Waals surface area (Å²) in [6, 6.07) is 3.89. The second-order valence-electron chi connectivity index (χ2n) is 6.80. The first-order chi connectivity index (χ1) is 12.1. The van der Waals surface area contributed by atoms with Crippen molar-refractivity contribution in [1.29, 1.82) is 0 Å². The van der Waals surface area contributed by atoms with Crippen LogP contribution in [0, 0.1) is 0 Å². The van der Waals surface area contributed by atoms with Crippen molar-refractivity contribution >= 4 is 40.2 Å². The molecular formula is C17H21Cl2N3O3. The van der Waals surface area contributed by atoms with Gasteiger partial charge in [0, 0.05) is 12.5 Å². The van der Waals surface area contributed by atoms with Crippen molar-refractivity contribution in [3.05, 3.63) is 22.2 Å². The Balaban J connectivity index is 1.77. The summed E-state index contributed by atoms with van der Waals surface area (Å²) >= 11 is 12.3. The first-order valence-electron chi connectivity index (χ1n) is 8.64. The maximum Gasteiger partial charge on any atom is 0.206 e. The number of hydrogen-bond acceptors (Lipinski definition) is 5. The van der Waals surface area contributed by atoms with E-state index in [9.17, 15) is 10.2 Å². The highest BCUT2D eigenvalue weighted by atomic mass is 35.5. The van der Waals surface area contributed by atoms with Crippen molar-refractivity contribution < 1.29 is 14.9 Å². The molecule has 0 amide bonds. The smallest absolute Gasteiger partial charge is 0.206 e. The molecule has 2 fully saturated rings. The van der Waals surface area contributed by atoms with Crippen molar-refractivity contribution in [1.82, 2.24) is 9.55 Å². The maximum absolute atomic E-state index is 10.1. The topological polar surface area (TPSA) is 79.5 Å². The predicted molar refractivity (Wildman–Crippen MR) is 97.3 cm³/mol. The van der Waals surface area contributed by atoms with Gasteiger partial charge in [-0.25, -0.2) is 4.98 Å². The fourth-order valence-electron chi connectivity index (χ4n) is 3.77. The zero-order valence-corrected chi connectivity index (χ0v) is 15.2. The zero-order chi connectivity index (χ0) is 17.6. The minimum Gasteiger partial charge on any atom is -0.394 e. The molecule has 1 saturated heterocycles. The lowest BCUT2D eigenvalue weighted by Gasteiger charge is -2.20. The molecule has 0 radical (unpaired) electrons. The number of aliphatic hydroxyl groups excluding tert-OH is 2. The van der Waals surface area contributed by atoms with E-state index in [1.54, 1.807) is 12.1 Å². The second-order valence-corrected chi connectivity index (χ2v) is 7.62. The summed E-state index contributed by atoms with van der Waals surface area (Å²) in [5, 5.41) is 23.9. The molecule has 0 spiro atoms. The Morgan fingerprint density at radius 1 is 1.24 bits per heavy atom. The Bertz CT molecular complexity index is 776. The number of halogens is 2. The third-order valence-corrected chi connectivity index (χ3v) is 5.81. The summed E-state index contributed by atoms with van der Waals surface area (Å²) in [4.78, 5) is 4.68. The van der Waals surface area contributed by atoms with Gasteiger partial charge in [-0.3, -0.25) is 4.57 Å². The molecule has 0 unspecified atom stereocenters. The number of imidazole rings is 1. The van der Waals surface area contributed by atoms with Gasteiger partial charge in [-0.2, -0.15) is 0 Å². The molecule has 1 saturated carbocycles. The van der Waals surface area contributed by atoms with E-state index in [1.165, 1.54) is 12.8 Å². The summed E-state index contributed by atoms with van der Waals surface area (Å²) in [5.41, 5.74) is 1.52. The fraction of sp³-hybridized carbons (Fsp3) is 0.588. The number of rotatable bonds is 4. The van der Waals surface area contributed by atoms with Crippen LogP contribution in [0.5, 0.6) is 0 Å². The van der Waals surface area contributed by atoms with E-state index in [2.05, 4.69) is 10.3 Å². The van der Waals surface area contributed by atoms with Crippen LogP contribution in [0.1, 0.15) is 38.3 Å². The number of anilines is 1. The Hall–Kier alpha value is -1.05. The van der Waals surface area contributed by atoms with Gasteiger partial charge in [-0.05, 0) is 25.0 Å². The molecule has 1 aromatic heterocycles. The number of hydrogen-bond donors (Lipinski definition) is 3. The third kappa shape index (κ3) is 3.22. The summed E-state index contributed by atoms with van der Waals surface area (Å²) in [6.45, 7) is -0.220. The van der Waals surface area contributed by atoms with Gasteiger partial charge < -0.3 is 20.3 Å². The minimum atomic E-state index is -0.713. The summed E-state index contributed by atoms with van der Waals surface area (Å²) in [5.74, 6) is 0.691. The van der Waals surface area contributed by atoms with Gasteiger partial charge in [0.2, 0.25) is 5.95 Å². The zero-order valence-electron chi connectivity index (χ0n) is 13.7. The lowest BCUT2D eigenvalue weighted by molar-refractivity contribution is -0.0424. The summed E-state index contributed by atoms with van der Waals surface area (Å²) in [7, 11) is 0. The van der Waals surface area contributed by atoms with E-state index in [0.717, 1.165) is 23.9 Å². The van der Waals surface area contributed by atoms with Crippen LogP contribution in [0.4, 0.5) is 5.95 Å². The van der Waals surface area contributed by atoms with E-state index in [-0.39, 0.29) is 6.61 Å². The number of nitrogens with zero attached hydrogens (tertiary/aromatic N) is 2. The van der Waals surface area contributed by atoms with Gasteiger partial charge in [0.1, 0.15) is 12.3 Å². The summed E-state index contributed by atoms with van der Waals surface area (Å²) < 4.78 is 7.78. The van der Waals surface area contributed by atoms with E-state index in [1.807, 2.05) is 4.57 Å². The van der Waals surface area contributed by atoms with Crippen LogP contribution in [0.25, 0.3) is 11.0 Å². The van der Waals surface area contributed by atoms with Crippen LogP contribution in [-0.4, -0.2) is 44.6 Å². The number of aromatic nitrogens is 2. The van der Waals surface area contributed by atoms with Crippen LogP contribution in [0.3, 0.4) is 0 Å². The Kier molecular flexibility index (Phi) is 4.81. The Morgan fingerprint density at radius 2 is 1.96 bits per heavy atom. The van der Waals surface area contributed by atoms with Crippen molar-refractivity contribution in [3.63, 3.8) is 0 Å². The lowest BCUT2D eigenvalue weighted by atomic mass is 10.2. The minimum absolute atomic E-state index is 0.220. The van der Waals surface area contributed by atoms with Crippen LogP contribution in [0.15, 0.2) is 12.1 Å². The highest BCUT2D eigenvalue weighted by molar-refractivity contribution is 6.42. The molecule has 8 heteroatoms. The molecule has 0 bridgehead atoms. The van der Waals surface area contributed by atoms with Gasteiger partial charge in [0.05, 0.1) is 33.8 Å². The third-order valence-electron chi connectivity index (χ3n) is 5.09. The lowest BCUT2D eigenvalue weighted by Crippen LogP contribution is -2.24. The maximum atomic E-state index is 10.1. The van der Waals surface area contributed by atoms with Gasteiger partial charge >= 0.3 is 0 Å². The van der Waals surface area contributed by atoms with Crippen LogP contribution < -0.4 is 5.32 Å². The first kappa shape index (κ1) is 17.4. The van der Waals surface area contributed by atoms with Crippen LogP contribution in [0.2, 0.25) is 10.0 Å². The highest BCUT2D eigenvalue weighted by Gasteiger charge is 2.36. The molecule has 2 heterocycles. The van der Waals surface area contributed by atoms with Crippen molar-refractivity contribution in [2.24, 2.45) is 0 Å². The van der Waals surface area contributed by atoms with Gasteiger partial charge in [-0.15, -0.1) is 0 Å². The number of aliphatic hydroxyl groups is 2. The fourth-order valence-corrected chi connectivity index (χ4v) is 4.09. The molecule has 6 nitrogen and oxygen atoms in total. The molecule has 1 aliphatic heterocycles. The van der Waals surface area contributed by atoms with Crippen molar-refractivity contribution in [3.8, 4) is 0 Å². The number of fused-ring (bicyclic) bond motifs is 1. The van der Waals surface area contributed by atoms with Crippen LogP contribution >= 0.6 is 23.2 Å². The molecule has 136 valence electrons. The van der Waals surface area contributed by atoms with Gasteiger partial charge in [0.25, 0.3) is 0 Å².